The molecule has 0 fully saturated rings. The highest BCUT2D eigenvalue weighted by molar-refractivity contribution is 7.09. The molecule has 0 bridgehead atoms. The summed E-state index contributed by atoms with van der Waals surface area (Å²) in [5.41, 5.74) is 5.08. The van der Waals surface area contributed by atoms with Crippen molar-refractivity contribution in [2.24, 2.45) is 0 Å². The molecule has 1 amide bonds. The SMILES string of the molecule is Cc1cc(C)c(NC(=O)Cc2nc(CCl)cs2)c(C)c1. The quantitative estimate of drug-likeness (QED) is 0.868. The van der Waals surface area contributed by atoms with Gasteiger partial charge in [0, 0.05) is 11.1 Å². The van der Waals surface area contributed by atoms with Crippen molar-refractivity contribution in [1.82, 2.24) is 4.98 Å². The Kier molecular flexibility index (Phi) is 4.78. The van der Waals surface area contributed by atoms with Gasteiger partial charge in [0.1, 0.15) is 5.01 Å². The van der Waals surface area contributed by atoms with Crippen LogP contribution in [0.5, 0.6) is 0 Å². The number of amides is 1. The Balaban J connectivity index is 2.08. The maximum atomic E-state index is 12.1. The van der Waals surface area contributed by atoms with E-state index in [0.717, 1.165) is 27.5 Å². The summed E-state index contributed by atoms with van der Waals surface area (Å²) in [7, 11) is 0. The van der Waals surface area contributed by atoms with Gasteiger partial charge in [0.05, 0.1) is 18.0 Å². The normalized spacial score (nSPS) is 10.6. The summed E-state index contributed by atoms with van der Waals surface area (Å²) in [6.07, 6.45) is 0.286. The minimum Gasteiger partial charge on any atom is -0.325 e. The zero-order valence-electron chi connectivity index (χ0n) is 11.8. The number of carbonyl (C=O) groups is 1. The molecule has 0 aliphatic carbocycles. The number of nitrogens with zero attached hydrogens (tertiary/aromatic N) is 1. The van der Waals surface area contributed by atoms with E-state index in [-0.39, 0.29) is 12.3 Å². The predicted octanol–water partition coefficient (Wildman–Crippen LogP) is 3.99. The number of aryl methyl sites for hydroxylation is 3. The van der Waals surface area contributed by atoms with Gasteiger partial charge in [-0.25, -0.2) is 4.98 Å². The van der Waals surface area contributed by atoms with E-state index >= 15 is 0 Å². The van der Waals surface area contributed by atoms with Crippen LogP contribution in [0.4, 0.5) is 5.69 Å². The van der Waals surface area contributed by atoms with E-state index in [9.17, 15) is 4.79 Å². The van der Waals surface area contributed by atoms with Crippen LogP contribution in [-0.4, -0.2) is 10.9 Å². The topological polar surface area (TPSA) is 42.0 Å². The van der Waals surface area contributed by atoms with Gasteiger partial charge >= 0.3 is 0 Å². The van der Waals surface area contributed by atoms with Crippen molar-refractivity contribution >= 4 is 34.5 Å². The Morgan fingerprint density at radius 1 is 1.30 bits per heavy atom. The first-order valence-electron chi connectivity index (χ1n) is 6.36. The van der Waals surface area contributed by atoms with Crippen LogP contribution in [0.25, 0.3) is 0 Å². The van der Waals surface area contributed by atoms with Gasteiger partial charge < -0.3 is 5.32 Å². The first-order valence-corrected chi connectivity index (χ1v) is 7.78. The van der Waals surface area contributed by atoms with Gasteiger partial charge in [-0.05, 0) is 31.9 Å². The Morgan fingerprint density at radius 3 is 2.50 bits per heavy atom. The second-order valence-corrected chi connectivity index (χ2v) is 6.07. The summed E-state index contributed by atoms with van der Waals surface area (Å²) in [6, 6.07) is 4.13. The minimum absolute atomic E-state index is 0.0458. The lowest BCUT2D eigenvalue weighted by molar-refractivity contribution is -0.115. The molecule has 106 valence electrons. The van der Waals surface area contributed by atoms with E-state index in [1.165, 1.54) is 16.9 Å². The van der Waals surface area contributed by atoms with Gasteiger partial charge in [0.25, 0.3) is 0 Å². The van der Waals surface area contributed by atoms with Crippen LogP contribution < -0.4 is 5.32 Å². The number of anilines is 1. The first-order chi connectivity index (χ1) is 9.49. The Hall–Kier alpha value is -1.39. The average molecular weight is 309 g/mol. The number of thiazole rings is 1. The summed E-state index contributed by atoms with van der Waals surface area (Å²) in [6.45, 7) is 6.06. The highest BCUT2D eigenvalue weighted by atomic mass is 35.5. The maximum Gasteiger partial charge on any atom is 0.231 e. The van der Waals surface area contributed by atoms with Crippen molar-refractivity contribution in [3.8, 4) is 0 Å². The lowest BCUT2D eigenvalue weighted by atomic mass is 10.1. The summed E-state index contributed by atoms with van der Waals surface area (Å²) >= 11 is 7.17. The van der Waals surface area contributed by atoms with Crippen LogP contribution in [0.3, 0.4) is 0 Å². The zero-order valence-corrected chi connectivity index (χ0v) is 13.4. The zero-order chi connectivity index (χ0) is 14.7. The molecule has 20 heavy (non-hydrogen) atoms. The molecule has 0 atom stereocenters. The van der Waals surface area contributed by atoms with E-state index in [4.69, 9.17) is 11.6 Å². The van der Waals surface area contributed by atoms with Crippen molar-refractivity contribution in [2.45, 2.75) is 33.1 Å². The Labute approximate surface area is 128 Å². The molecule has 0 unspecified atom stereocenters. The highest BCUT2D eigenvalue weighted by Gasteiger charge is 2.11. The van der Waals surface area contributed by atoms with Crippen molar-refractivity contribution in [3.63, 3.8) is 0 Å². The fourth-order valence-corrected chi connectivity index (χ4v) is 3.21. The number of halogens is 1. The standard InChI is InChI=1S/C15H17ClN2OS/c1-9-4-10(2)15(11(3)5-9)18-13(19)6-14-17-12(7-16)8-20-14/h4-5,8H,6-7H2,1-3H3,(H,18,19). The molecular formula is C15H17ClN2OS. The van der Waals surface area contributed by atoms with Gasteiger partial charge in [0.15, 0.2) is 0 Å². The molecule has 0 aliphatic rings. The number of benzene rings is 1. The van der Waals surface area contributed by atoms with Crippen LogP contribution >= 0.6 is 22.9 Å². The van der Waals surface area contributed by atoms with Gasteiger partial charge in [-0.3, -0.25) is 4.79 Å². The summed E-state index contributed by atoms with van der Waals surface area (Å²) in [5.74, 6) is 0.337. The molecular weight excluding hydrogens is 292 g/mol. The van der Waals surface area contributed by atoms with Crippen LogP contribution in [0.2, 0.25) is 0 Å². The molecule has 2 rings (SSSR count). The monoisotopic (exact) mass is 308 g/mol. The average Bonchev–Trinajstić information content (AvgIpc) is 2.81. The van der Waals surface area contributed by atoms with E-state index in [1.807, 2.05) is 19.2 Å². The van der Waals surface area contributed by atoms with E-state index in [1.54, 1.807) is 0 Å². The third-order valence-corrected chi connectivity index (χ3v) is 4.16. The number of rotatable bonds is 4. The molecule has 1 heterocycles. The molecule has 3 nitrogen and oxygen atoms in total. The minimum atomic E-state index is -0.0458. The number of nitrogens with one attached hydrogen (secondary N) is 1. The molecule has 1 aromatic carbocycles. The summed E-state index contributed by atoms with van der Waals surface area (Å²) in [4.78, 5) is 16.4. The number of carbonyl (C=O) groups excluding carboxylic acids is 1. The van der Waals surface area contributed by atoms with Crippen LogP contribution in [0.1, 0.15) is 27.4 Å². The predicted molar refractivity (Wildman–Crippen MR) is 84.7 cm³/mol. The molecule has 5 heteroatoms. The van der Waals surface area contributed by atoms with Crippen LogP contribution in [0, 0.1) is 20.8 Å². The fourth-order valence-electron chi connectivity index (χ4n) is 2.19. The third kappa shape index (κ3) is 3.58. The van der Waals surface area contributed by atoms with Crippen molar-refractivity contribution in [1.29, 1.82) is 0 Å². The molecule has 0 aliphatic heterocycles. The molecule has 0 saturated heterocycles. The molecule has 0 radical (unpaired) electrons. The van der Waals surface area contributed by atoms with Crippen molar-refractivity contribution < 1.29 is 4.79 Å². The van der Waals surface area contributed by atoms with E-state index < -0.39 is 0 Å². The maximum absolute atomic E-state index is 12.1. The van der Waals surface area contributed by atoms with Gasteiger partial charge in [0.2, 0.25) is 5.91 Å². The highest BCUT2D eigenvalue weighted by Crippen LogP contribution is 2.22. The van der Waals surface area contributed by atoms with Gasteiger partial charge in [-0.1, -0.05) is 17.7 Å². The number of hydrogen-bond acceptors (Lipinski definition) is 3. The van der Waals surface area contributed by atoms with Crippen molar-refractivity contribution in [3.05, 3.63) is 44.9 Å². The summed E-state index contributed by atoms with van der Waals surface area (Å²) < 4.78 is 0. The number of aromatic nitrogens is 1. The fraction of sp³-hybridized carbons (Fsp3) is 0.333. The summed E-state index contributed by atoms with van der Waals surface area (Å²) in [5, 5.41) is 5.66. The largest absolute Gasteiger partial charge is 0.325 e. The van der Waals surface area contributed by atoms with Gasteiger partial charge in [-0.2, -0.15) is 0 Å². The Bertz CT molecular complexity index is 614. The molecule has 0 saturated carbocycles. The third-order valence-electron chi connectivity index (χ3n) is 2.99. The lowest BCUT2D eigenvalue weighted by Gasteiger charge is -2.12. The molecule has 1 aromatic heterocycles. The lowest BCUT2D eigenvalue weighted by Crippen LogP contribution is -2.16. The molecule has 1 N–H and O–H groups in total. The second kappa shape index (κ2) is 6.37. The van der Waals surface area contributed by atoms with Crippen molar-refractivity contribution in [2.75, 3.05) is 5.32 Å². The number of alkyl halides is 1. The Morgan fingerprint density at radius 2 is 1.95 bits per heavy atom. The number of hydrogen-bond donors (Lipinski definition) is 1. The second-order valence-electron chi connectivity index (χ2n) is 4.86. The molecule has 0 spiro atoms. The van der Waals surface area contributed by atoms with Crippen LogP contribution in [-0.2, 0) is 17.1 Å². The van der Waals surface area contributed by atoms with E-state index in [0.29, 0.717) is 5.88 Å². The molecule has 2 aromatic rings. The van der Waals surface area contributed by atoms with E-state index in [2.05, 4.69) is 29.4 Å². The van der Waals surface area contributed by atoms with Gasteiger partial charge in [-0.15, -0.1) is 22.9 Å². The first kappa shape index (κ1) is 15.0. The van der Waals surface area contributed by atoms with Crippen LogP contribution in [0.15, 0.2) is 17.5 Å². The smallest absolute Gasteiger partial charge is 0.231 e.